The van der Waals surface area contributed by atoms with Crippen LogP contribution in [-0.4, -0.2) is 51.0 Å². The number of aromatic amines is 1. The number of carbonyl (C=O) groups is 3. The normalized spacial score (nSPS) is 18.5. The fourth-order valence-corrected chi connectivity index (χ4v) is 6.18. The van der Waals surface area contributed by atoms with Gasteiger partial charge in [-0.15, -0.1) is 0 Å². The van der Waals surface area contributed by atoms with Gasteiger partial charge in [0.05, 0.1) is 17.8 Å². The Bertz CT molecular complexity index is 1730. The van der Waals surface area contributed by atoms with Crippen molar-refractivity contribution in [2.45, 2.75) is 30.8 Å². The number of halogens is 3. The van der Waals surface area contributed by atoms with E-state index in [1.165, 1.54) is 24.3 Å². The van der Waals surface area contributed by atoms with Crippen molar-refractivity contribution in [1.82, 2.24) is 14.9 Å². The van der Waals surface area contributed by atoms with Crippen LogP contribution in [0.5, 0.6) is 0 Å². The molecule has 2 amide bonds. The van der Waals surface area contributed by atoms with Crippen LogP contribution in [0.15, 0.2) is 66.7 Å². The van der Waals surface area contributed by atoms with Crippen LogP contribution in [0, 0.1) is 5.82 Å². The second-order valence-electron chi connectivity index (χ2n) is 10.6. The number of rotatable bonds is 6. The summed E-state index contributed by atoms with van der Waals surface area (Å²) in [5, 5.41) is 12.6. The van der Waals surface area contributed by atoms with Crippen LogP contribution < -0.4 is 5.32 Å². The molecule has 43 heavy (non-hydrogen) atoms. The molecule has 3 N–H and O–H groups in total. The molecule has 3 heterocycles. The quantitative estimate of drug-likeness (QED) is 0.222. The van der Waals surface area contributed by atoms with Crippen molar-refractivity contribution in [3.05, 3.63) is 105 Å². The third-order valence-corrected chi connectivity index (χ3v) is 8.34. The SMILES string of the molecule is O=C1Nc2ccc(Cl)cc2[C@@]2(CCCN(C(=O)C(Cc3ccc(F)cc3)c3nc(-c4ccc(C(=O)O)cc4)c(Cl)[nH]3)C2)O1. The summed E-state index contributed by atoms with van der Waals surface area (Å²) in [6.45, 7) is 0.518. The number of aromatic carboxylic acids is 1. The molecule has 0 saturated carbocycles. The van der Waals surface area contributed by atoms with E-state index in [-0.39, 0.29) is 29.6 Å². The predicted molar refractivity (Wildman–Crippen MR) is 158 cm³/mol. The highest BCUT2D eigenvalue weighted by Gasteiger charge is 2.47. The van der Waals surface area contributed by atoms with E-state index in [0.29, 0.717) is 58.3 Å². The minimum absolute atomic E-state index is 0.102. The first-order valence-corrected chi connectivity index (χ1v) is 14.3. The highest BCUT2D eigenvalue weighted by molar-refractivity contribution is 6.32. The molecule has 1 aromatic heterocycles. The molecule has 0 bridgehead atoms. The Hall–Kier alpha value is -4.41. The molecule has 1 spiro atoms. The Balaban J connectivity index is 1.35. The number of carboxylic acid groups (broad SMARTS) is 1. The van der Waals surface area contributed by atoms with Gasteiger partial charge in [-0.1, -0.05) is 47.5 Å². The number of likely N-dealkylation sites (tertiary alicyclic amines) is 1. The summed E-state index contributed by atoms with van der Waals surface area (Å²) < 4.78 is 19.6. The van der Waals surface area contributed by atoms with Gasteiger partial charge in [-0.2, -0.15) is 0 Å². The molecule has 2 atom stereocenters. The fraction of sp³-hybridized carbons (Fsp3) is 0.226. The van der Waals surface area contributed by atoms with E-state index in [1.54, 1.807) is 47.4 Å². The second-order valence-corrected chi connectivity index (χ2v) is 11.4. The molecule has 3 aromatic carbocycles. The van der Waals surface area contributed by atoms with Gasteiger partial charge in [0.1, 0.15) is 28.4 Å². The fourth-order valence-electron chi connectivity index (χ4n) is 5.76. The summed E-state index contributed by atoms with van der Waals surface area (Å²) in [6, 6.07) is 17.1. The number of anilines is 1. The number of aromatic nitrogens is 2. The Kier molecular flexibility index (Phi) is 7.57. The number of imidazole rings is 1. The van der Waals surface area contributed by atoms with Gasteiger partial charge in [-0.05, 0) is 67.3 Å². The maximum Gasteiger partial charge on any atom is 0.412 e. The van der Waals surface area contributed by atoms with Crippen molar-refractivity contribution in [2.24, 2.45) is 0 Å². The number of nitrogens with one attached hydrogen (secondary N) is 2. The largest absolute Gasteiger partial charge is 0.478 e. The Labute approximate surface area is 255 Å². The predicted octanol–water partition coefficient (Wildman–Crippen LogP) is 6.63. The van der Waals surface area contributed by atoms with E-state index in [4.69, 9.17) is 27.9 Å². The van der Waals surface area contributed by atoms with E-state index < -0.39 is 29.4 Å². The monoisotopic (exact) mass is 622 g/mol. The molecule has 12 heteroatoms. The van der Waals surface area contributed by atoms with Gasteiger partial charge in [0.15, 0.2) is 5.60 Å². The molecule has 0 aliphatic carbocycles. The van der Waals surface area contributed by atoms with Crippen molar-refractivity contribution in [1.29, 1.82) is 0 Å². The average molecular weight is 623 g/mol. The molecule has 220 valence electrons. The van der Waals surface area contributed by atoms with Gasteiger partial charge in [-0.3, -0.25) is 10.1 Å². The molecule has 2 aliphatic heterocycles. The minimum atomic E-state index is -1.09. The number of fused-ring (bicyclic) bond motifs is 2. The first-order chi connectivity index (χ1) is 20.6. The van der Waals surface area contributed by atoms with Crippen molar-refractivity contribution in [2.75, 3.05) is 18.4 Å². The first kappa shape index (κ1) is 28.7. The second kappa shape index (κ2) is 11.3. The lowest BCUT2D eigenvalue weighted by Crippen LogP contribution is -2.54. The van der Waals surface area contributed by atoms with Gasteiger partial charge in [0.2, 0.25) is 5.91 Å². The molecule has 1 saturated heterocycles. The summed E-state index contributed by atoms with van der Waals surface area (Å²) in [6.07, 6.45) is 0.647. The number of nitrogens with zero attached hydrogens (tertiary/aromatic N) is 2. The number of amides is 2. The van der Waals surface area contributed by atoms with Crippen LogP contribution in [0.1, 0.15) is 46.1 Å². The zero-order chi connectivity index (χ0) is 30.3. The van der Waals surface area contributed by atoms with Gasteiger partial charge in [0.25, 0.3) is 0 Å². The zero-order valence-corrected chi connectivity index (χ0v) is 24.1. The summed E-state index contributed by atoms with van der Waals surface area (Å²) >= 11 is 12.9. The third-order valence-electron chi connectivity index (χ3n) is 7.83. The number of carboxylic acids is 1. The number of ether oxygens (including phenoxy) is 1. The number of carbonyl (C=O) groups excluding carboxylic acids is 2. The van der Waals surface area contributed by atoms with E-state index in [9.17, 15) is 23.9 Å². The van der Waals surface area contributed by atoms with Gasteiger partial charge in [0, 0.05) is 22.7 Å². The zero-order valence-electron chi connectivity index (χ0n) is 22.6. The Morgan fingerprint density at radius 1 is 1.09 bits per heavy atom. The summed E-state index contributed by atoms with van der Waals surface area (Å²) in [5.74, 6) is -2.29. The summed E-state index contributed by atoms with van der Waals surface area (Å²) in [5.41, 5.74) is 1.93. The maximum absolute atomic E-state index is 14.3. The van der Waals surface area contributed by atoms with E-state index in [2.05, 4.69) is 15.3 Å². The molecule has 0 radical (unpaired) electrons. The third kappa shape index (κ3) is 5.68. The minimum Gasteiger partial charge on any atom is -0.478 e. The molecule has 2 aliphatic rings. The van der Waals surface area contributed by atoms with Crippen LogP contribution in [-0.2, 0) is 21.6 Å². The first-order valence-electron chi connectivity index (χ1n) is 13.5. The van der Waals surface area contributed by atoms with E-state index in [1.807, 2.05) is 0 Å². The maximum atomic E-state index is 14.3. The Morgan fingerprint density at radius 3 is 2.56 bits per heavy atom. The van der Waals surface area contributed by atoms with Crippen LogP contribution in [0.25, 0.3) is 11.3 Å². The van der Waals surface area contributed by atoms with Crippen molar-refractivity contribution in [3.63, 3.8) is 0 Å². The number of benzene rings is 3. The van der Waals surface area contributed by atoms with Gasteiger partial charge in [-0.25, -0.2) is 19.0 Å². The molecule has 6 rings (SSSR count). The lowest BCUT2D eigenvalue weighted by atomic mass is 9.83. The van der Waals surface area contributed by atoms with Gasteiger partial charge >= 0.3 is 12.1 Å². The summed E-state index contributed by atoms with van der Waals surface area (Å²) in [7, 11) is 0. The lowest BCUT2D eigenvalue weighted by molar-refractivity contribution is -0.140. The molecular formula is C31H25Cl2FN4O5. The molecule has 4 aromatic rings. The number of piperidine rings is 1. The number of H-pyrrole nitrogens is 1. The highest BCUT2D eigenvalue weighted by atomic mass is 35.5. The van der Waals surface area contributed by atoms with Crippen molar-refractivity contribution in [3.8, 4) is 11.3 Å². The van der Waals surface area contributed by atoms with E-state index >= 15 is 0 Å². The molecule has 9 nitrogen and oxygen atoms in total. The standard InChI is InChI=1S/C31H25Cl2FN4O5/c32-20-8-11-24-23(15-20)31(43-30(42)35-24)12-1-13-38(16-31)28(39)22(14-17-2-9-21(34)10-3-17)27-36-25(26(33)37-27)18-4-6-19(7-5-18)29(40)41/h2-11,15,22H,1,12-14,16H2,(H,35,42)(H,36,37)(H,40,41)/t22?,31-/m0/s1. The van der Waals surface area contributed by atoms with Gasteiger partial charge < -0.3 is 19.7 Å². The number of hydrogen-bond donors (Lipinski definition) is 3. The lowest BCUT2D eigenvalue weighted by Gasteiger charge is -2.45. The molecule has 1 unspecified atom stereocenters. The molecular weight excluding hydrogens is 598 g/mol. The van der Waals surface area contributed by atoms with Crippen LogP contribution >= 0.6 is 23.2 Å². The highest BCUT2D eigenvalue weighted by Crippen LogP contribution is 2.44. The molecule has 1 fully saturated rings. The topological polar surface area (TPSA) is 125 Å². The number of hydrogen-bond acceptors (Lipinski definition) is 5. The smallest absolute Gasteiger partial charge is 0.412 e. The summed E-state index contributed by atoms with van der Waals surface area (Å²) in [4.78, 5) is 47.6. The average Bonchev–Trinajstić information content (AvgIpc) is 3.38. The van der Waals surface area contributed by atoms with Crippen LogP contribution in [0.4, 0.5) is 14.9 Å². The van der Waals surface area contributed by atoms with E-state index in [0.717, 1.165) is 0 Å². The Morgan fingerprint density at radius 2 is 1.84 bits per heavy atom. The van der Waals surface area contributed by atoms with Crippen molar-refractivity contribution < 1.29 is 28.6 Å². The van der Waals surface area contributed by atoms with Crippen LogP contribution in [0.3, 0.4) is 0 Å². The van der Waals surface area contributed by atoms with Crippen molar-refractivity contribution >= 4 is 46.9 Å². The van der Waals surface area contributed by atoms with Crippen LogP contribution in [0.2, 0.25) is 10.2 Å².